The second-order valence-electron chi connectivity index (χ2n) is 6.71. The zero-order valence-electron chi connectivity index (χ0n) is 15.1. The zero-order valence-corrected chi connectivity index (χ0v) is 15.9. The highest BCUT2D eigenvalue weighted by atomic mass is 32.2. The van der Waals surface area contributed by atoms with Crippen LogP contribution in [0, 0.1) is 5.92 Å². The largest absolute Gasteiger partial charge is 0.465 e. The Kier molecular flexibility index (Phi) is 6.47. The van der Waals surface area contributed by atoms with Crippen LogP contribution in [0.4, 0.5) is 0 Å². The molecule has 1 fully saturated rings. The average Bonchev–Trinajstić information content (AvgIpc) is 3.19. The molecule has 2 heterocycles. The quantitative estimate of drug-likeness (QED) is 0.740. The monoisotopic (exact) mass is 388 g/mol. The van der Waals surface area contributed by atoms with Gasteiger partial charge in [0.1, 0.15) is 5.76 Å². The Morgan fingerprint density at radius 3 is 2.56 bits per heavy atom. The molecule has 1 aliphatic heterocycles. The van der Waals surface area contributed by atoms with E-state index < -0.39 is 10.0 Å². The van der Waals surface area contributed by atoms with Crippen LogP contribution in [-0.2, 0) is 20.6 Å². The summed E-state index contributed by atoms with van der Waals surface area (Å²) < 4.78 is 32.3. The molecule has 0 atom stereocenters. The van der Waals surface area contributed by atoms with Gasteiger partial charge in [-0.25, -0.2) is 13.1 Å². The van der Waals surface area contributed by atoms with E-state index in [2.05, 4.69) is 4.72 Å². The first-order chi connectivity index (χ1) is 13.0. The molecular formula is C20H24N2O4S. The lowest BCUT2D eigenvalue weighted by molar-refractivity contribution is -0.127. The van der Waals surface area contributed by atoms with Gasteiger partial charge in [-0.3, -0.25) is 4.79 Å². The predicted molar refractivity (Wildman–Crippen MR) is 104 cm³/mol. The van der Waals surface area contributed by atoms with Crippen molar-refractivity contribution in [1.82, 2.24) is 9.62 Å². The van der Waals surface area contributed by atoms with Crippen molar-refractivity contribution in [1.29, 1.82) is 0 Å². The van der Waals surface area contributed by atoms with E-state index >= 15 is 0 Å². The Balaban J connectivity index is 1.42. The third-order valence-electron chi connectivity index (χ3n) is 4.65. The number of amides is 1. The number of likely N-dealkylation sites (tertiary alicyclic amines) is 1. The molecule has 0 bridgehead atoms. The van der Waals surface area contributed by atoms with Crippen LogP contribution in [0.5, 0.6) is 0 Å². The van der Waals surface area contributed by atoms with Gasteiger partial charge in [-0.15, -0.1) is 0 Å². The van der Waals surface area contributed by atoms with Crippen molar-refractivity contribution in [2.75, 3.05) is 19.6 Å². The van der Waals surface area contributed by atoms with Gasteiger partial charge in [-0.2, -0.15) is 0 Å². The number of furan rings is 1. The lowest BCUT2D eigenvalue weighted by Gasteiger charge is -2.31. The van der Waals surface area contributed by atoms with Crippen molar-refractivity contribution >= 4 is 22.0 Å². The van der Waals surface area contributed by atoms with Crippen molar-refractivity contribution in [2.45, 2.75) is 18.6 Å². The minimum Gasteiger partial charge on any atom is -0.465 e. The third kappa shape index (κ3) is 6.08. The molecule has 0 unspecified atom stereocenters. The van der Waals surface area contributed by atoms with Crippen LogP contribution in [0.25, 0.3) is 6.08 Å². The topological polar surface area (TPSA) is 79.6 Å². The molecule has 144 valence electrons. The number of sulfonamides is 1. The summed E-state index contributed by atoms with van der Waals surface area (Å²) in [5, 5.41) is 0. The van der Waals surface area contributed by atoms with Crippen molar-refractivity contribution < 1.29 is 17.6 Å². The van der Waals surface area contributed by atoms with Crippen LogP contribution in [0.1, 0.15) is 24.2 Å². The Hall–Kier alpha value is -2.38. The molecule has 2 aromatic rings. The summed E-state index contributed by atoms with van der Waals surface area (Å²) in [5.41, 5.74) is 0.772. The second kappa shape index (κ2) is 9.01. The fourth-order valence-electron chi connectivity index (χ4n) is 3.09. The maximum absolute atomic E-state index is 12.2. The maximum atomic E-state index is 12.2. The predicted octanol–water partition coefficient (Wildman–Crippen LogP) is 2.65. The molecule has 6 nitrogen and oxygen atoms in total. The highest BCUT2D eigenvalue weighted by molar-refractivity contribution is 7.88. The number of hydrogen-bond donors (Lipinski definition) is 1. The summed E-state index contributed by atoms with van der Waals surface area (Å²) >= 11 is 0. The standard InChI is InChI=1S/C20H24N2O4S/c23-20(9-8-19-7-4-14-26-19)22-12-10-17(11-13-22)15-21-27(24,25)16-18-5-2-1-3-6-18/h1-9,14,17,21H,10-13,15-16H2/b9-8+. The molecule has 3 rings (SSSR count). The van der Waals surface area contributed by atoms with E-state index in [9.17, 15) is 13.2 Å². The Bertz CT molecular complexity index is 853. The minimum absolute atomic E-state index is 0.0112. The summed E-state index contributed by atoms with van der Waals surface area (Å²) in [5.74, 6) is 0.831. The van der Waals surface area contributed by atoms with Gasteiger partial charge in [0, 0.05) is 25.7 Å². The molecule has 1 amide bonds. The Labute approximate surface area is 159 Å². The van der Waals surface area contributed by atoms with Crippen LogP contribution in [0.2, 0.25) is 0 Å². The molecule has 7 heteroatoms. The van der Waals surface area contributed by atoms with Gasteiger partial charge in [-0.1, -0.05) is 30.3 Å². The van der Waals surface area contributed by atoms with Crippen LogP contribution in [0.3, 0.4) is 0 Å². The van der Waals surface area contributed by atoms with E-state index in [4.69, 9.17) is 4.42 Å². The van der Waals surface area contributed by atoms with Crippen molar-refractivity contribution in [2.24, 2.45) is 5.92 Å². The SMILES string of the molecule is O=C(/C=C/c1ccco1)N1CCC(CNS(=O)(=O)Cc2ccccc2)CC1. The summed E-state index contributed by atoms with van der Waals surface area (Å²) in [6.07, 6.45) is 6.31. The lowest BCUT2D eigenvalue weighted by atomic mass is 9.97. The third-order valence-corrected chi connectivity index (χ3v) is 5.97. The summed E-state index contributed by atoms with van der Waals surface area (Å²) in [6.45, 7) is 1.68. The van der Waals surface area contributed by atoms with E-state index in [1.54, 1.807) is 41.5 Å². The van der Waals surface area contributed by atoms with Gasteiger partial charge in [-0.05, 0) is 42.5 Å². The normalized spacial score (nSPS) is 16.1. The molecule has 1 aromatic heterocycles. The number of carbonyl (C=O) groups is 1. The van der Waals surface area contributed by atoms with Gasteiger partial charge in [0.25, 0.3) is 0 Å². The number of piperidine rings is 1. The first-order valence-electron chi connectivity index (χ1n) is 9.03. The molecular weight excluding hydrogens is 364 g/mol. The minimum atomic E-state index is -3.35. The Morgan fingerprint density at radius 2 is 1.89 bits per heavy atom. The summed E-state index contributed by atoms with van der Waals surface area (Å²) in [7, 11) is -3.35. The van der Waals surface area contributed by atoms with Crippen LogP contribution in [-0.4, -0.2) is 38.9 Å². The first kappa shape index (κ1) is 19.4. The fraction of sp³-hybridized carbons (Fsp3) is 0.350. The molecule has 1 aliphatic rings. The molecule has 0 saturated carbocycles. The van der Waals surface area contributed by atoms with E-state index in [0.717, 1.165) is 18.4 Å². The average molecular weight is 388 g/mol. The number of carbonyl (C=O) groups excluding carboxylic acids is 1. The van der Waals surface area contributed by atoms with E-state index in [1.165, 1.54) is 6.08 Å². The maximum Gasteiger partial charge on any atom is 0.246 e. The van der Waals surface area contributed by atoms with Gasteiger partial charge in [0.15, 0.2) is 0 Å². The highest BCUT2D eigenvalue weighted by Crippen LogP contribution is 2.17. The molecule has 1 N–H and O–H groups in total. The van der Waals surface area contributed by atoms with Gasteiger partial charge >= 0.3 is 0 Å². The fourth-order valence-corrected chi connectivity index (χ4v) is 4.31. The van der Waals surface area contributed by atoms with Crippen LogP contribution in [0.15, 0.2) is 59.2 Å². The number of nitrogens with one attached hydrogen (secondary N) is 1. The Morgan fingerprint density at radius 1 is 1.15 bits per heavy atom. The molecule has 0 spiro atoms. The lowest BCUT2D eigenvalue weighted by Crippen LogP contribution is -2.41. The van der Waals surface area contributed by atoms with Crippen LogP contribution >= 0.6 is 0 Å². The first-order valence-corrected chi connectivity index (χ1v) is 10.7. The molecule has 27 heavy (non-hydrogen) atoms. The second-order valence-corrected chi connectivity index (χ2v) is 8.52. The smallest absolute Gasteiger partial charge is 0.246 e. The summed E-state index contributed by atoms with van der Waals surface area (Å²) in [4.78, 5) is 14.0. The van der Waals surface area contributed by atoms with E-state index in [0.29, 0.717) is 25.4 Å². The zero-order chi connectivity index (χ0) is 19.1. The van der Waals surface area contributed by atoms with Gasteiger partial charge in [0.2, 0.25) is 15.9 Å². The molecule has 0 radical (unpaired) electrons. The number of rotatable bonds is 7. The van der Waals surface area contributed by atoms with Gasteiger partial charge < -0.3 is 9.32 Å². The van der Waals surface area contributed by atoms with Gasteiger partial charge in [0.05, 0.1) is 12.0 Å². The number of hydrogen-bond acceptors (Lipinski definition) is 4. The number of nitrogens with zero attached hydrogens (tertiary/aromatic N) is 1. The van der Waals surface area contributed by atoms with E-state index in [1.807, 2.05) is 18.2 Å². The molecule has 0 aliphatic carbocycles. The van der Waals surface area contributed by atoms with Crippen molar-refractivity contribution in [3.8, 4) is 0 Å². The molecule has 1 aromatic carbocycles. The van der Waals surface area contributed by atoms with E-state index in [-0.39, 0.29) is 17.6 Å². The summed E-state index contributed by atoms with van der Waals surface area (Å²) in [6, 6.07) is 12.7. The van der Waals surface area contributed by atoms with Crippen molar-refractivity contribution in [3.63, 3.8) is 0 Å². The highest BCUT2D eigenvalue weighted by Gasteiger charge is 2.23. The van der Waals surface area contributed by atoms with Crippen LogP contribution < -0.4 is 4.72 Å². The van der Waals surface area contributed by atoms with Crippen molar-refractivity contribution in [3.05, 3.63) is 66.1 Å². The molecule has 1 saturated heterocycles. The number of benzene rings is 1.